The SMILES string of the molecule is COc1ccc(F)c(NS(=O)(=O)c2ccc(CN)s2)c1. The summed E-state index contributed by atoms with van der Waals surface area (Å²) in [7, 11) is -2.42. The average molecular weight is 316 g/mol. The number of ether oxygens (including phenoxy) is 1. The van der Waals surface area contributed by atoms with Crippen molar-refractivity contribution in [3.8, 4) is 5.75 Å². The molecule has 0 atom stereocenters. The summed E-state index contributed by atoms with van der Waals surface area (Å²) in [4.78, 5) is 0.733. The van der Waals surface area contributed by atoms with Crippen LogP contribution < -0.4 is 15.2 Å². The summed E-state index contributed by atoms with van der Waals surface area (Å²) in [5, 5.41) is 0. The van der Waals surface area contributed by atoms with Crippen molar-refractivity contribution < 1.29 is 17.5 Å². The second-order valence-electron chi connectivity index (χ2n) is 3.88. The van der Waals surface area contributed by atoms with Gasteiger partial charge in [-0.3, -0.25) is 4.72 Å². The summed E-state index contributed by atoms with van der Waals surface area (Å²) in [6.45, 7) is 0.258. The lowest BCUT2D eigenvalue weighted by Crippen LogP contribution is -2.12. The Morgan fingerprint density at radius 2 is 2.10 bits per heavy atom. The molecule has 0 amide bonds. The molecule has 0 unspecified atom stereocenters. The van der Waals surface area contributed by atoms with Gasteiger partial charge in [-0.15, -0.1) is 11.3 Å². The van der Waals surface area contributed by atoms with E-state index in [1.807, 2.05) is 0 Å². The number of rotatable bonds is 5. The minimum Gasteiger partial charge on any atom is -0.497 e. The second kappa shape index (κ2) is 5.78. The number of nitrogens with two attached hydrogens (primary N) is 1. The zero-order chi connectivity index (χ0) is 14.8. The third-order valence-corrected chi connectivity index (χ3v) is 5.49. The molecule has 0 aliphatic rings. The van der Waals surface area contributed by atoms with E-state index >= 15 is 0 Å². The van der Waals surface area contributed by atoms with Gasteiger partial charge in [0.15, 0.2) is 0 Å². The van der Waals surface area contributed by atoms with Crippen LogP contribution in [0.25, 0.3) is 0 Å². The van der Waals surface area contributed by atoms with Crippen LogP contribution in [0.5, 0.6) is 5.75 Å². The molecule has 2 aromatic rings. The van der Waals surface area contributed by atoms with Crippen LogP contribution in [0.1, 0.15) is 4.88 Å². The molecule has 0 saturated carbocycles. The van der Waals surface area contributed by atoms with E-state index in [0.29, 0.717) is 5.75 Å². The highest BCUT2D eigenvalue weighted by Gasteiger charge is 2.19. The predicted octanol–water partition coefficient (Wildman–Crippen LogP) is 2.16. The number of methoxy groups -OCH3 is 1. The van der Waals surface area contributed by atoms with Gasteiger partial charge in [0.25, 0.3) is 10.0 Å². The van der Waals surface area contributed by atoms with Crippen molar-refractivity contribution >= 4 is 27.0 Å². The molecule has 3 N–H and O–H groups in total. The van der Waals surface area contributed by atoms with E-state index in [0.717, 1.165) is 22.3 Å². The Labute approximate surface area is 120 Å². The fourth-order valence-electron chi connectivity index (χ4n) is 1.52. The van der Waals surface area contributed by atoms with Crippen LogP contribution in [0.4, 0.5) is 10.1 Å². The number of benzene rings is 1. The van der Waals surface area contributed by atoms with Gasteiger partial charge >= 0.3 is 0 Å². The summed E-state index contributed by atoms with van der Waals surface area (Å²) >= 11 is 1.05. The summed E-state index contributed by atoms with van der Waals surface area (Å²) in [6, 6.07) is 6.89. The van der Waals surface area contributed by atoms with Crippen LogP contribution in [0.15, 0.2) is 34.5 Å². The van der Waals surface area contributed by atoms with E-state index in [1.54, 1.807) is 6.07 Å². The maximum absolute atomic E-state index is 13.6. The van der Waals surface area contributed by atoms with Crippen molar-refractivity contribution in [1.82, 2.24) is 0 Å². The Morgan fingerprint density at radius 3 is 2.70 bits per heavy atom. The number of anilines is 1. The zero-order valence-electron chi connectivity index (χ0n) is 10.6. The molecular weight excluding hydrogens is 303 g/mol. The number of hydrogen-bond donors (Lipinski definition) is 2. The van der Waals surface area contributed by atoms with E-state index in [1.165, 1.54) is 25.3 Å². The molecular formula is C12H13FN2O3S2. The summed E-state index contributed by atoms with van der Waals surface area (Å²) in [6.07, 6.45) is 0. The van der Waals surface area contributed by atoms with E-state index in [-0.39, 0.29) is 16.4 Å². The van der Waals surface area contributed by atoms with Crippen molar-refractivity contribution in [2.75, 3.05) is 11.8 Å². The minimum atomic E-state index is -3.83. The summed E-state index contributed by atoms with van der Waals surface area (Å²) in [5.74, 6) is -0.317. The number of nitrogens with one attached hydrogen (secondary N) is 1. The van der Waals surface area contributed by atoms with E-state index < -0.39 is 15.8 Å². The third kappa shape index (κ3) is 3.09. The van der Waals surface area contributed by atoms with Crippen molar-refractivity contribution in [2.24, 2.45) is 5.73 Å². The molecule has 20 heavy (non-hydrogen) atoms. The van der Waals surface area contributed by atoms with Crippen LogP contribution in [0.2, 0.25) is 0 Å². The van der Waals surface area contributed by atoms with Crippen molar-refractivity contribution in [2.45, 2.75) is 10.8 Å². The Hall–Kier alpha value is -1.64. The topological polar surface area (TPSA) is 81.4 Å². The molecule has 0 aliphatic carbocycles. The quantitative estimate of drug-likeness (QED) is 0.885. The lowest BCUT2D eigenvalue weighted by Gasteiger charge is -2.09. The van der Waals surface area contributed by atoms with Gasteiger partial charge in [0, 0.05) is 17.5 Å². The fourth-order valence-corrected chi connectivity index (χ4v) is 3.81. The largest absolute Gasteiger partial charge is 0.497 e. The highest BCUT2D eigenvalue weighted by Crippen LogP contribution is 2.27. The average Bonchev–Trinajstić information content (AvgIpc) is 2.91. The monoisotopic (exact) mass is 316 g/mol. The molecule has 1 aromatic heterocycles. The first-order valence-corrected chi connectivity index (χ1v) is 7.91. The Kier molecular flexibility index (Phi) is 4.26. The highest BCUT2D eigenvalue weighted by molar-refractivity contribution is 7.94. The van der Waals surface area contributed by atoms with Crippen LogP contribution >= 0.6 is 11.3 Å². The number of thiophene rings is 1. The third-order valence-electron chi connectivity index (χ3n) is 2.52. The fraction of sp³-hybridized carbons (Fsp3) is 0.167. The van der Waals surface area contributed by atoms with Crippen LogP contribution in [0, 0.1) is 5.82 Å². The van der Waals surface area contributed by atoms with Gasteiger partial charge in [-0.2, -0.15) is 0 Å². The Bertz CT molecular complexity index is 713. The van der Waals surface area contributed by atoms with Gasteiger partial charge in [0.1, 0.15) is 15.8 Å². The van der Waals surface area contributed by atoms with Crippen LogP contribution in [0.3, 0.4) is 0 Å². The molecule has 0 aliphatic heterocycles. The second-order valence-corrected chi connectivity index (χ2v) is 6.95. The Morgan fingerprint density at radius 1 is 1.35 bits per heavy atom. The minimum absolute atomic E-state index is 0.0835. The predicted molar refractivity (Wildman–Crippen MR) is 76.0 cm³/mol. The van der Waals surface area contributed by atoms with Gasteiger partial charge in [0.05, 0.1) is 12.8 Å². The lowest BCUT2D eigenvalue weighted by molar-refractivity contribution is 0.414. The van der Waals surface area contributed by atoms with E-state index in [9.17, 15) is 12.8 Å². The highest BCUT2D eigenvalue weighted by atomic mass is 32.2. The molecule has 0 bridgehead atoms. The van der Waals surface area contributed by atoms with Crippen LogP contribution in [-0.4, -0.2) is 15.5 Å². The molecule has 108 valence electrons. The van der Waals surface area contributed by atoms with Gasteiger partial charge in [-0.05, 0) is 24.3 Å². The first-order valence-electron chi connectivity index (χ1n) is 5.61. The number of halogens is 1. The van der Waals surface area contributed by atoms with Crippen molar-refractivity contribution in [3.63, 3.8) is 0 Å². The first-order chi connectivity index (χ1) is 9.46. The standard InChI is InChI=1S/C12H13FN2O3S2/c1-18-8-2-4-10(13)11(6-8)15-20(16,17)12-5-3-9(7-14)19-12/h2-6,15H,7,14H2,1H3. The van der Waals surface area contributed by atoms with Gasteiger partial charge in [0.2, 0.25) is 0 Å². The Balaban J connectivity index is 2.32. The molecule has 5 nitrogen and oxygen atoms in total. The van der Waals surface area contributed by atoms with Crippen molar-refractivity contribution in [1.29, 1.82) is 0 Å². The van der Waals surface area contributed by atoms with Gasteiger partial charge in [-0.25, -0.2) is 12.8 Å². The summed E-state index contributed by atoms with van der Waals surface area (Å²) in [5.41, 5.74) is 5.28. The molecule has 1 aromatic carbocycles. The van der Waals surface area contributed by atoms with Crippen molar-refractivity contribution in [3.05, 3.63) is 41.0 Å². The molecule has 0 saturated heterocycles. The zero-order valence-corrected chi connectivity index (χ0v) is 12.2. The normalized spacial score (nSPS) is 11.3. The number of hydrogen-bond acceptors (Lipinski definition) is 5. The van der Waals surface area contributed by atoms with Crippen LogP contribution in [-0.2, 0) is 16.6 Å². The number of sulfonamides is 1. The molecule has 1 heterocycles. The van der Waals surface area contributed by atoms with Gasteiger partial charge < -0.3 is 10.5 Å². The smallest absolute Gasteiger partial charge is 0.271 e. The summed E-state index contributed by atoms with van der Waals surface area (Å²) < 4.78 is 45.1. The molecule has 2 rings (SSSR count). The van der Waals surface area contributed by atoms with E-state index in [4.69, 9.17) is 10.5 Å². The molecule has 0 radical (unpaired) electrons. The first kappa shape index (κ1) is 14.8. The molecule has 0 spiro atoms. The lowest BCUT2D eigenvalue weighted by atomic mass is 10.3. The molecule has 0 fully saturated rings. The maximum Gasteiger partial charge on any atom is 0.271 e. The molecule has 8 heteroatoms. The van der Waals surface area contributed by atoms with E-state index in [2.05, 4.69) is 4.72 Å². The maximum atomic E-state index is 13.6. The van der Waals surface area contributed by atoms with Gasteiger partial charge in [-0.1, -0.05) is 0 Å².